The Labute approximate surface area is 124 Å². The maximum atomic E-state index is 12.3. The summed E-state index contributed by atoms with van der Waals surface area (Å²) in [5.41, 5.74) is 5.80. The molecule has 0 bridgehead atoms. The zero-order valence-electron chi connectivity index (χ0n) is 10.1. The van der Waals surface area contributed by atoms with Crippen LogP contribution in [0.5, 0.6) is 0 Å². The van der Waals surface area contributed by atoms with Gasteiger partial charge in [0, 0.05) is 5.69 Å². The van der Waals surface area contributed by atoms with Crippen LogP contribution in [0.1, 0.15) is 18.8 Å². The third-order valence-corrected chi connectivity index (χ3v) is 4.83. The minimum Gasteiger partial charge on any atom is -0.399 e. The number of aromatic nitrogens is 4. The van der Waals surface area contributed by atoms with E-state index in [0.29, 0.717) is 0 Å². The molecule has 1 aromatic carbocycles. The van der Waals surface area contributed by atoms with Crippen LogP contribution in [0.4, 0.5) is 5.69 Å². The number of nitrogens with two attached hydrogens (primary N) is 1. The van der Waals surface area contributed by atoms with Gasteiger partial charge in [-0.1, -0.05) is 28.4 Å². The number of nitrogens with zero attached hydrogens (tertiary/aromatic N) is 3. The molecule has 0 saturated heterocycles. The zero-order chi connectivity index (χ0) is 14.9. The van der Waals surface area contributed by atoms with Crippen LogP contribution < -0.4 is 10.5 Å². The molecule has 2 rings (SSSR count). The van der Waals surface area contributed by atoms with Crippen molar-refractivity contribution in [3.05, 3.63) is 28.0 Å². The highest BCUT2D eigenvalue weighted by molar-refractivity contribution is 7.89. The number of nitrogens with one attached hydrogen (secondary N) is 2. The van der Waals surface area contributed by atoms with Gasteiger partial charge in [0.15, 0.2) is 5.82 Å². The fraction of sp³-hybridized carbons (Fsp3) is 0.222. The van der Waals surface area contributed by atoms with E-state index in [4.69, 9.17) is 28.9 Å². The van der Waals surface area contributed by atoms with Gasteiger partial charge in [0.25, 0.3) is 0 Å². The first-order valence-electron chi connectivity index (χ1n) is 5.31. The Hall–Kier alpha value is -1.42. The number of nitrogen functional groups attached to an aromatic ring is 1. The van der Waals surface area contributed by atoms with Gasteiger partial charge in [0.2, 0.25) is 10.0 Å². The van der Waals surface area contributed by atoms with Crippen LogP contribution in [0.3, 0.4) is 0 Å². The van der Waals surface area contributed by atoms with Crippen molar-refractivity contribution in [2.45, 2.75) is 17.9 Å². The predicted octanol–water partition coefficient (Wildman–Crippen LogP) is 1.13. The number of hydrogen-bond acceptors (Lipinski definition) is 6. The Morgan fingerprint density at radius 2 is 1.95 bits per heavy atom. The van der Waals surface area contributed by atoms with E-state index in [0.717, 1.165) is 0 Å². The van der Waals surface area contributed by atoms with Gasteiger partial charge in [-0.3, -0.25) is 0 Å². The average molecular weight is 337 g/mol. The monoisotopic (exact) mass is 336 g/mol. The molecule has 0 amide bonds. The maximum absolute atomic E-state index is 12.3. The van der Waals surface area contributed by atoms with Crippen molar-refractivity contribution in [3.63, 3.8) is 0 Å². The smallest absolute Gasteiger partial charge is 0.244 e. The lowest BCUT2D eigenvalue weighted by atomic mass is 10.3. The standard InChI is InChI=1S/C9H10Cl2N6O2S/c1-4(9-13-16-17-14-9)15-20(18,19)8-6(10)2-5(12)3-7(8)11/h2-4,15H,12H2,1H3,(H,13,14,16,17). The lowest BCUT2D eigenvalue weighted by Crippen LogP contribution is -2.28. The van der Waals surface area contributed by atoms with Crippen molar-refractivity contribution in [2.75, 3.05) is 5.73 Å². The number of anilines is 1. The Morgan fingerprint density at radius 3 is 2.45 bits per heavy atom. The van der Waals surface area contributed by atoms with E-state index in [9.17, 15) is 8.42 Å². The highest BCUT2D eigenvalue weighted by Gasteiger charge is 2.26. The number of H-pyrrole nitrogens is 1. The summed E-state index contributed by atoms with van der Waals surface area (Å²) in [6.45, 7) is 1.56. The number of benzene rings is 1. The molecule has 2 aromatic rings. The van der Waals surface area contributed by atoms with E-state index in [1.807, 2.05) is 0 Å². The molecule has 1 atom stereocenters. The van der Waals surface area contributed by atoms with E-state index in [-0.39, 0.29) is 26.5 Å². The number of rotatable bonds is 4. The molecule has 108 valence electrons. The third-order valence-electron chi connectivity index (χ3n) is 2.37. The van der Waals surface area contributed by atoms with Crippen LogP contribution >= 0.6 is 23.2 Å². The van der Waals surface area contributed by atoms with Crippen LogP contribution in [0, 0.1) is 0 Å². The molecular weight excluding hydrogens is 327 g/mol. The van der Waals surface area contributed by atoms with Gasteiger partial charge in [-0.2, -0.15) is 5.21 Å². The minimum atomic E-state index is -3.95. The number of aromatic amines is 1. The van der Waals surface area contributed by atoms with E-state index in [2.05, 4.69) is 25.3 Å². The second-order valence-corrected chi connectivity index (χ2v) is 6.39. The lowest BCUT2D eigenvalue weighted by Gasteiger charge is -2.13. The van der Waals surface area contributed by atoms with Gasteiger partial charge in [-0.15, -0.1) is 10.2 Å². The summed E-state index contributed by atoms with van der Waals surface area (Å²) in [4.78, 5) is -0.245. The largest absolute Gasteiger partial charge is 0.399 e. The first-order chi connectivity index (χ1) is 9.31. The third kappa shape index (κ3) is 3.01. The van der Waals surface area contributed by atoms with E-state index >= 15 is 0 Å². The Kier molecular flexibility index (Phi) is 4.14. The molecule has 11 heteroatoms. The number of tetrazole rings is 1. The molecule has 0 aliphatic heterocycles. The van der Waals surface area contributed by atoms with Gasteiger partial charge in [-0.25, -0.2) is 13.1 Å². The molecule has 0 radical (unpaired) electrons. The van der Waals surface area contributed by atoms with Gasteiger partial charge >= 0.3 is 0 Å². The van der Waals surface area contributed by atoms with Crippen LogP contribution in [0.2, 0.25) is 10.0 Å². The molecule has 1 unspecified atom stereocenters. The first-order valence-corrected chi connectivity index (χ1v) is 7.55. The molecule has 20 heavy (non-hydrogen) atoms. The van der Waals surface area contributed by atoms with E-state index in [1.54, 1.807) is 6.92 Å². The molecule has 0 fully saturated rings. The average Bonchev–Trinajstić information content (AvgIpc) is 2.78. The van der Waals surface area contributed by atoms with Crippen molar-refractivity contribution < 1.29 is 8.42 Å². The molecule has 1 aromatic heterocycles. The number of sulfonamides is 1. The minimum absolute atomic E-state index is 0.0668. The molecule has 0 saturated carbocycles. The summed E-state index contributed by atoms with van der Waals surface area (Å²) in [7, 11) is -3.95. The molecule has 8 nitrogen and oxygen atoms in total. The molecule has 0 aliphatic rings. The number of halogens is 2. The number of hydrogen-bond donors (Lipinski definition) is 3. The van der Waals surface area contributed by atoms with Gasteiger partial charge in [-0.05, 0) is 19.1 Å². The summed E-state index contributed by atoms with van der Waals surface area (Å²) in [5, 5.41) is 12.8. The topological polar surface area (TPSA) is 127 Å². The van der Waals surface area contributed by atoms with Crippen molar-refractivity contribution in [2.24, 2.45) is 0 Å². The molecule has 0 aliphatic carbocycles. The molecular formula is C9H10Cl2N6O2S. The summed E-state index contributed by atoms with van der Waals surface area (Å²) < 4.78 is 26.9. The van der Waals surface area contributed by atoms with Crippen molar-refractivity contribution in [1.82, 2.24) is 25.3 Å². The lowest BCUT2D eigenvalue weighted by molar-refractivity contribution is 0.560. The fourth-order valence-electron chi connectivity index (χ4n) is 1.53. The summed E-state index contributed by atoms with van der Waals surface area (Å²) in [5.74, 6) is 0.191. The van der Waals surface area contributed by atoms with Crippen LogP contribution in [0.15, 0.2) is 17.0 Å². The van der Waals surface area contributed by atoms with Crippen LogP contribution in [-0.4, -0.2) is 29.0 Å². The van der Waals surface area contributed by atoms with Crippen LogP contribution in [-0.2, 0) is 10.0 Å². The maximum Gasteiger partial charge on any atom is 0.244 e. The predicted molar refractivity (Wildman–Crippen MR) is 73.8 cm³/mol. The fourth-order valence-corrected chi connectivity index (χ4v) is 3.97. The summed E-state index contributed by atoms with van der Waals surface area (Å²) in [6.07, 6.45) is 0. The SMILES string of the molecule is CC(NS(=O)(=O)c1c(Cl)cc(N)cc1Cl)c1nn[nH]n1. The van der Waals surface area contributed by atoms with Gasteiger partial charge in [0.05, 0.1) is 16.1 Å². The molecule has 4 N–H and O–H groups in total. The van der Waals surface area contributed by atoms with Crippen LogP contribution in [0.25, 0.3) is 0 Å². The highest BCUT2D eigenvalue weighted by atomic mass is 35.5. The van der Waals surface area contributed by atoms with Crippen molar-refractivity contribution in [1.29, 1.82) is 0 Å². The normalized spacial score (nSPS) is 13.3. The summed E-state index contributed by atoms with van der Waals surface area (Å²) in [6, 6.07) is 1.91. The second-order valence-electron chi connectivity index (χ2n) is 3.93. The Balaban J connectivity index is 2.37. The first kappa shape index (κ1) is 15.0. The summed E-state index contributed by atoms with van der Waals surface area (Å²) >= 11 is 11.8. The quantitative estimate of drug-likeness (QED) is 0.718. The Bertz CT molecular complexity index is 695. The van der Waals surface area contributed by atoms with Gasteiger partial charge in [0.1, 0.15) is 4.90 Å². The zero-order valence-corrected chi connectivity index (χ0v) is 12.5. The molecule has 1 heterocycles. The van der Waals surface area contributed by atoms with Crippen molar-refractivity contribution in [3.8, 4) is 0 Å². The second kappa shape index (κ2) is 5.52. The molecule has 0 spiro atoms. The van der Waals surface area contributed by atoms with Gasteiger partial charge < -0.3 is 5.73 Å². The van der Waals surface area contributed by atoms with Crippen molar-refractivity contribution >= 4 is 38.9 Å². The highest BCUT2D eigenvalue weighted by Crippen LogP contribution is 2.32. The van der Waals surface area contributed by atoms with E-state index < -0.39 is 16.1 Å². The Morgan fingerprint density at radius 1 is 1.35 bits per heavy atom. The van der Waals surface area contributed by atoms with E-state index in [1.165, 1.54) is 12.1 Å².